The van der Waals surface area contributed by atoms with E-state index >= 15 is 0 Å². The van der Waals surface area contributed by atoms with Crippen LogP contribution in [0.1, 0.15) is 39.5 Å². The van der Waals surface area contributed by atoms with Gasteiger partial charge in [-0.25, -0.2) is 0 Å². The van der Waals surface area contributed by atoms with Crippen molar-refractivity contribution < 1.29 is 4.79 Å². The molecule has 2 atom stereocenters. The minimum absolute atomic E-state index is 0.193. The Morgan fingerprint density at radius 1 is 1.62 bits per heavy atom. The fourth-order valence-corrected chi connectivity index (χ4v) is 2.49. The van der Waals surface area contributed by atoms with Gasteiger partial charge in [0.25, 0.3) is 0 Å². The summed E-state index contributed by atoms with van der Waals surface area (Å²) >= 11 is 0. The third-order valence-electron chi connectivity index (χ3n) is 3.72. The fraction of sp³-hybridized carbons (Fsp3) is 0.727. The third kappa shape index (κ3) is 1.28. The van der Waals surface area contributed by atoms with E-state index in [2.05, 4.69) is 25.2 Å². The highest BCUT2D eigenvalue weighted by Crippen LogP contribution is 2.45. The van der Waals surface area contributed by atoms with Gasteiger partial charge in [0.1, 0.15) is 0 Å². The zero-order valence-corrected chi connectivity index (χ0v) is 8.39. The van der Waals surface area contributed by atoms with Crippen LogP contribution in [0.2, 0.25) is 0 Å². The van der Waals surface area contributed by atoms with E-state index in [9.17, 15) is 4.79 Å². The molecule has 0 aromatic carbocycles. The number of rotatable bonds is 0. The van der Waals surface area contributed by atoms with Gasteiger partial charge in [0.2, 0.25) is 5.91 Å². The van der Waals surface area contributed by atoms with Gasteiger partial charge in [-0.3, -0.25) is 4.79 Å². The highest BCUT2D eigenvalue weighted by Gasteiger charge is 2.41. The van der Waals surface area contributed by atoms with Crippen molar-refractivity contribution in [2.24, 2.45) is 11.3 Å². The molecule has 2 rings (SSSR count). The van der Waals surface area contributed by atoms with Gasteiger partial charge in [0, 0.05) is 17.5 Å². The molecule has 1 heterocycles. The van der Waals surface area contributed by atoms with E-state index < -0.39 is 0 Å². The molecule has 1 N–H and O–H groups in total. The molecule has 72 valence electrons. The zero-order chi connectivity index (χ0) is 9.47. The lowest BCUT2D eigenvalue weighted by molar-refractivity contribution is -0.124. The average molecular weight is 179 g/mol. The molecule has 0 aromatic rings. The van der Waals surface area contributed by atoms with Gasteiger partial charge >= 0.3 is 0 Å². The Bertz CT molecular complexity index is 269. The van der Waals surface area contributed by atoms with Gasteiger partial charge in [-0.05, 0) is 25.2 Å². The number of hydrogen-bond donors (Lipinski definition) is 1. The zero-order valence-electron chi connectivity index (χ0n) is 8.39. The molecule has 2 nitrogen and oxygen atoms in total. The quantitative estimate of drug-likeness (QED) is 0.607. The van der Waals surface area contributed by atoms with Crippen LogP contribution < -0.4 is 5.32 Å². The molecular weight excluding hydrogens is 162 g/mol. The normalized spacial score (nSPS) is 39.1. The summed E-state index contributed by atoms with van der Waals surface area (Å²) in [6.45, 7) is 4.47. The van der Waals surface area contributed by atoms with Crippen LogP contribution in [0, 0.1) is 11.3 Å². The molecule has 0 aromatic heterocycles. The number of fused-ring (bicyclic) bond motifs is 1. The van der Waals surface area contributed by atoms with Crippen molar-refractivity contribution >= 4 is 5.91 Å². The minimum Gasteiger partial charge on any atom is -0.330 e. The van der Waals surface area contributed by atoms with Gasteiger partial charge in [0.05, 0.1) is 0 Å². The predicted molar refractivity (Wildman–Crippen MR) is 52.0 cm³/mol. The molecule has 2 aliphatic rings. The van der Waals surface area contributed by atoms with Gasteiger partial charge in [-0.2, -0.15) is 0 Å². The molecule has 1 aliphatic heterocycles. The van der Waals surface area contributed by atoms with E-state index in [-0.39, 0.29) is 11.3 Å². The van der Waals surface area contributed by atoms with Gasteiger partial charge in [-0.1, -0.05) is 19.9 Å². The van der Waals surface area contributed by atoms with Gasteiger partial charge in [0.15, 0.2) is 0 Å². The second-order valence-corrected chi connectivity index (χ2v) is 4.58. The maximum Gasteiger partial charge on any atom is 0.224 e. The van der Waals surface area contributed by atoms with Crippen molar-refractivity contribution in [3.05, 3.63) is 11.8 Å². The first-order valence-electron chi connectivity index (χ1n) is 5.13. The van der Waals surface area contributed by atoms with Crippen LogP contribution in [0.15, 0.2) is 11.8 Å². The average Bonchev–Trinajstić information content (AvgIpc) is 2.07. The fourth-order valence-electron chi connectivity index (χ4n) is 2.49. The first-order chi connectivity index (χ1) is 6.13. The summed E-state index contributed by atoms with van der Waals surface area (Å²) in [6, 6.07) is 0. The number of hydrogen-bond acceptors (Lipinski definition) is 1. The van der Waals surface area contributed by atoms with Crippen LogP contribution in [0.4, 0.5) is 0 Å². The summed E-state index contributed by atoms with van der Waals surface area (Å²) in [7, 11) is 0. The lowest BCUT2D eigenvalue weighted by Crippen LogP contribution is -2.45. The van der Waals surface area contributed by atoms with Crippen LogP contribution in [0.5, 0.6) is 0 Å². The van der Waals surface area contributed by atoms with Crippen molar-refractivity contribution in [2.75, 3.05) is 0 Å². The molecule has 2 heteroatoms. The number of piperidine rings is 1. The summed E-state index contributed by atoms with van der Waals surface area (Å²) in [5.74, 6) is 0.686. The monoisotopic (exact) mass is 179 g/mol. The lowest BCUT2D eigenvalue weighted by atomic mass is 9.66. The summed E-state index contributed by atoms with van der Waals surface area (Å²) in [4.78, 5) is 11.3. The van der Waals surface area contributed by atoms with Crippen LogP contribution >= 0.6 is 0 Å². The van der Waals surface area contributed by atoms with Crippen molar-refractivity contribution in [1.29, 1.82) is 0 Å². The second kappa shape index (κ2) is 2.86. The molecule has 0 saturated carbocycles. The molecule has 1 aliphatic carbocycles. The molecular formula is C11H17NO. The maximum atomic E-state index is 11.3. The van der Waals surface area contributed by atoms with E-state index in [1.54, 1.807) is 0 Å². The predicted octanol–water partition coefficient (Wildman–Crippen LogP) is 2.22. The summed E-state index contributed by atoms with van der Waals surface area (Å²) < 4.78 is 0. The van der Waals surface area contributed by atoms with E-state index in [4.69, 9.17) is 0 Å². The smallest absolute Gasteiger partial charge is 0.224 e. The topological polar surface area (TPSA) is 29.1 Å². The van der Waals surface area contributed by atoms with Crippen molar-refractivity contribution in [1.82, 2.24) is 5.32 Å². The Kier molecular flexibility index (Phi) is 1.94. The van der Waals surface area contributed by atoms with E-state index in [0.29, 0.717) is 12.3 Å². The van der Waals surface area contributed by atoms with Crippen LogP contribution in [0.25, 0.3) is 0 Å². The second-order valence-electron chi connectivity index (χ2n) is 4.58. The third-order valence-corrected chi connectivity index (χ3v) is 3.72. The first-order valence-corrected chi connectivity index (χ1v) is 5.13. The molecule has 0 bridgehead atoms. The summed E-state index contributed by atoms with van der Waals surface area (Å²) in [6.07, 6.45) is 6.50. The lowest BCUT2D eigenvalue weighted by Gasteiger charge is -2.44. The molecule has 13 heavy (non-hydrogen) atoms. The largest absolute Gasteiger partial charge is 0.330 e. The van der Waals surface area contributed by atoms with Crippen molar-refractivity contribution in [3.8, 4) is 0 Å². The Labute approximate surface area is 79.4 Å². The summed E-state index contributed by atoms with van der Waals surface area (Å²) in [5, 5.41) is 3.01. The maximum absolute atomic E-state index is 11.3. The van der Waals surface area contributed by atoms with Gasteiger partial charge in [-0.15, -0.1) is 0 Å². The highest BCUT2D eigenvalue weighted by molar-refractivity contribution is 5.80. The number of amides is 1. The first kappa shape index (κ1) is 8.79. The number of allylic oxidation sites excluding steroid dienone is 2. The minimum atomic E-state index is 0.193. The SMILES string of the molecule is C[C@@H]1CC(=O)NC2=CCCC[C@@]21C. The Balaban J connectivity index is 2.32. The number of carbonyl (C=O) groups is 1. The molecule has 0 unspecified atom stereocenters. The van der Waals surface area contributed by atoms with Crippen LogP contribution in [0.3, 0.4) is 0 Å². The Morgan fingerprint density at radius 2 is 2.38 bits per heavy atom. The Morgan fingerprint density at radius 3 is 3.15 bits per heavy atom. The van der Waals surface area contributed by atoms with Crippen LogP contribution in [-0.2, 0) is 4.79 Å². The van der Waals surface area contributed by atoms with E-state index in [1.165, 1.54) is 18.5 Å². The highest BCUT2D eigenvalue weighted by atomic mass is 16.1. The van der Waals surface area contributed by atoms with Crippen molar-refractivity contribution in [3.63, 3.8) is 0 Å². The number of carbonyl (C=O) groups excluding carboxylic acids is 1. The molecule has 0 radical (unpaired) electrons. The molecule has 0 spiro atoms. The standard InChI is InChI=1S/C11H17NO/c1-8-7-10(13)12-9-5-3-4-6-11(8,9)2/h5,8H,3-4,6-7H2,1-2H3,(H,12,13)/t8-,11-/m1/s1. The van der Waals surface area contributed by atoms with Crippen LogP contribution in [-0.4, -0.2) is 5.91 Å². The Hall–Kier alpha value is -0.790. The van der Waals surface area contributed by atoms with Crippen molar-refractivity contribution in [2.45, 2.75) is 39.5 Å². The van der Waals surface area contributed by atoms with E-state index in [1.807, 2.05) is 0 Å². The summed E-state index contributed by atoms with van der Waals surface area (Å²) in [5.41, 5.74) is 1.43. The molecule has 1 fully saturated rings. The molecule has 1 saturated heterocycles. The molecule has 1 amide bonds. The van der Waals surface area contributed by atoms with E-state index in [0.717, 1.165) is 6.42 Å². The van der Waals surface area contributed by atoms with Gasteiger partial charge < -0.3 is 5.32 Å². The number of nitrogens with one attached hydrogen (secondary N) is 1.